The lowest BCUT2D eigenvalue weighted by atomic mass is 10.0. The number of hydrogen-bond acceptors (Lipinski definition) is 6. The van der Waals surface area contributed by atoms with Crippen molar-refractivity contribution in [2.75, 3.05) is 11.9 Å². The molecule has 162 valence electrons. The zero-order valence-corrected chi connectivity index (χ0v) is 18.4. The van der Waals surface area contributed by atoms with Gasteiger partial charge in [0, 0.05) is 16.1 Å². The Morgan fingerprint density at radius 1 is 1.12 bits per heavy atom. The van der Waals surface area contributed by atoms with Crippen LogP contribution in [0.4, 0.5) is 5.69 Å². The molecule has 1 amide bonds. The van der Waals surface area contributed by atoms with Gasteiger partial charge in [0.25, 0.3) is 5.56 Å². The topological polar surface area (TPSA) is 90.3 Å². The predicted molar refractivity (Wildman–Crippen MR) is 125 cm³/mol. The molecule has 0 fully saturated rings. The fraction of sp³-hybridized carbons (Fsp3) is 0.167. The highest BCUT2D eigenvalue weighted by Gasteiger charge is 2.18. The number of carbonyl (C=O) groups excluding carboxylic acids is 2. The van der Waals surface area contributed by atoms with Crippen LogP contribution < -0.4 is 10.9 Å². The zero-order valence-electron chi connectivity index (χ0n) is 17.6. The molecule has 32 heavy (non-hydrogen) atoms. The number of thiophene rings is 1. The van der Waals surface area contributed by atoms with Gasteiger partial charge in [0.05, 0.1) is 23.9 Å². The summed E-state index contributed by atoms with van der Waals surface area (Å²) in [5, 5.41) is 3.24. The second-order valence-corrected chi connectivity index (χ2v) is 8.31. The fourth-order valence-corrected chi connectivity index (χ4v) is 4.50. The van der Waals surface area contributed by atoms with Crippen molar-refractivity contribution < 1.29 is 14.3 Å². The molecule has 0 saturated heterocycles. The minimum atomic E-state index is -0.462. The molecule has 2 aromatic carbocycles. The van der Waals surface area contributed by atoms with E-state index in [1.807, 2.05) is 37.3 Å². The maximum atomic E-state index is 13.2. The van der Waals surface area contributed by atoms with E-state index in [2.05, 4.69) is 10.3 Å². The van der Waals surface area contributed by atoms with E-state index in [0.717, 1.165) is 16.0 Å². The quantitative estimate of drug-likeness (QED) is 0.446. The van der Waals surface area contributed by atoms with Gasteiger partial charge < -0.3 is 10.1 Å². The smallest absolute Gasteiger partial charge is 0.338 e. The summed E-state index contributed by atoms with van der Waals surface area (Å²) in [5.74, 6) is -0.863. The molecule has 4 aromatic rings. The highest BCUT2D eigenvalue weighted by atomic mass is 32.1. The second kappa shape index (κ2) is 9.15. The summed E-state index contributed by atoms with van der Waals surface area (Å²) in [6.07, 6.45) is 1.39. The molecule has 0 unspecified atom stereocenters. The molecule has 0 spiro atoms. The number of benzene rings is 2. The van der Waals surface area contributed by atoms with E-state index >= 15 is 0 Å². The average molecular weight is 448 g/mol. The Balaban J connectivity index is 1.61. The molecule has 4 rings (SSSR count). The Hall–Kier alpha value is -3.78. The van der Waals surface area contributed by atoms with Crippen LogP contribution in [0, 0.1) is 6.92 Å². The van der Waals surface area contributed by atoms with Crippen molar-refractivity contribution in [3.8, 4) is 11.1 Å². The van der Waals surface area contributed by atoms with Crippen LogP contribution in [0.5, 0.6) is 0 Å². The van der Waals surface area contributed by atoms with E-state index in [-0.39, 0.29) is 18.7 Å². The van der Waals surface area contributed by atoms with Gasteiger partial charge in [0.15, 0.2) is 0 Å². The van der Waals surface area contributed by atoms with Crippen molar-refractivity contribution in [1.82, 2.24) is 9.55 Å². The van der Waals surface area contributed by atoms with Crippen LogP contribution in [0.15, 0.2) is 65.7 Å². The Bertz CT molecular complexity index is 1360. The number of rotatable bonds is 6. The minimum absolute atomic E-state index is 0.200. The molecule has 1 N–H and O–H groups in total. The number of nitrogens with one attached hydrogen (secondary N) is 1. The number of hydrogen-bond donors (Lipinski definition) is 1. The molecule has 2 aromatic heterocycles. The third-order valence-electron chi connectivity index (χ3n) is 4.89. The van der Waals surface area contributed by atoms with Gasteiger partial charge in [-0.1, -0.05) is 36.4 Å². The maximum absolute atomic E-state index is 13.2. The van der Waals surface area contributed by atoms with Gasteiger partial charge in [-0.2, -0.15) is 0 Å². The van der Waals surface area contributed by atoms with Crippen LogP contribution in [-0.4, -0.2) is 28.0 Å². The van der Waals surface area contributed by atoms with E-state index in [9.17, 15) is 14.4 Å². The summed E-state index contributed by atoms with van der Waals surface area (Å²) >= 11 is 1.46. The number of carbonyl (C=O) groups is 2. The predicted octanol–water partition coefficient (Wildman–Crippen LogP) is 4.25. The van der Waals surface area contributed by atoms with E-state index in [0.29, 0.717) is 21.5 Å². The van der Waals surface area contributed by atoms with Crippen LogP contribution in [0.2, 0.25) is 0 Å². The number of amides is 1. The molecule has 0 radical (unpaired) electrons. The Labute approximate surface area is 188 Å². The van der Waals surface area contributed by atoms with Gasteiger partial charge in [0.2, 0.25) is 5.91 Å². The molecule has 8 heteroatoms. The molecule has 0 aliphatic rings. The van der Waals surface area contributed by atoms with Gasteiger partial charge in [-0.15, -0.1) is 11.3 Å². The average Bonchev–Trinajstić information content (AvgIpc) is 3.13. The number of esters is 1. The molecule has 0 bridgehead atoms. The largest absolute Gasteiger partial charge is 0.462 e. The van der Waals surface area contributed by atoms with Gasteiger partial charge in [-0.3, -0.25) is 14.2 Å². The van der Waals surface area contributed by atoms with Crippen LogP contribution in [0.25, 0.3) is 21.3 Å². The van der Waals surface area contributed by atoms with Crippen LogP contribution in [-0.2, 0) is 16.1 Å². The van der Waals surface area contributed by atoms with Crippen LogP contribution >= 0.6 is 11.3 Å². The van der Waals surface area contributed by atoms with E-state index in [4.69, 9.17) is 4.74 Å². The molecule has 2 heterocycles. The Kier molecular flexibility index (Phi) is 6.13. The van der Waals surface area contributed by atoms with E-state index in [1.165, 1.54) is 28.3 Å². The first-order valence-electron chi connectivity index (χ1n) is 10.1. The molecule has 7 nitrogen and oxygen atoms in total. The van der Waals surface area contributed by atoms with Gasteiger partial charge in [0.1, 0.15) is 11.4 Å². The number of nitrogens with zero attached hydrogens (tertiary/aromatic N) is 2. The zero-order chi connectivity index (χ0) is 22.7. The summed E-state index contributed by atoms with van der Waals surface area (Å²) < 4.78 is 6.28. The lowest BCUT2D eigenvalue weighted by Gasteiger charge is -2.09. The molecule has 0 atom stereocenters. The van der Waals surface area contributed by atoms with Crippen LogP contribution in [0.1, 0.15) is 22.2 Å². The molecule has 0 saturated carbocycles. The number of ether oxygens (including phenoxy) is 1. The fourth-order valence-electron chi connectivity index (χ4n) is 3.50. The third kappa shape index (κ3) is 4.31. The molecule has 0 aliphatic carbocycles. The first-order chi connectivity index (χ1) is 15.5. The second-order valence-electron chi connectivity index (χ2n) is 7.11. The number of fused-ring (bicyclic) bond motifs is 1. The van der Waals surface area contributed by atoms with Gasteiger partial charge in [-0.25, -0.2) is 9.78 Å². The standard InChI is InChI=1S/C24H21N3O4S/c1-3-31-24(30)17-10-7-11-18(12-17)26-19(28)13-27-14-25-22-21(23(27)29)20(15(2)32-22)16-8-5-4-6-9-16/h4-12,14H,3,13H2,1-2H3,(H,26,28). The summed E-state index contributed by atoms with van der Waals surface area (Å²) in [6, 6.07) is 16.1. The molecule has 0 aliphatic heterocycles. The number of aryl methyl sites for hydroxylation is 1. The lowest BCUT2D eigenvalue weighted by molar-refractivity contribution is -0.116. The lowest BCUT2D eigenvalue weighted by Crippen LogP contribution is -2.27. The Morgan fingerprint density at radius 3 is 2.66 bits per heavy atom. The van der Waals surface area contributed by atoms with Gasteiger partial charge >= 0.3 is 5.97 Å². The van der Waals surface area contributed by atoms with Gasteiger partial charge in [-0.05, 0) is 37.6 Å². The summed E-state index contributed by atoms with van der Waals surface area (Å²) in [4.78, 5) is 43.8. The normalized spacial score (nSPS) is 10.8. The van der Waals surface area contributed by atoms with Crippen LogP contribution in [0.3, 0.4) is 0 Å². The number of aromatic nitrogens is 2. The highest BCUT2D eigenvalue weighted by Crippen LogP contribution is 2.35. The molecular formula is C24H21N3O4S. The van der Waals surface area contributed by atoms with Crippen molar-refractivity contribution in [1.29, 1.82) is 0 Å². The monoisotopic (exact) mass is 447 g/mol. The van der Waals surface area contributed by atoms with E-state index < -0.39 is 11.9 Å². The maximum Gasteiger partial charge on any atom is 0.338 e. The summed E-state index contributed by atoms with van der Waals surface area (Å²) in [6.45, 7) is 3.75. The van der Waals surface area contributed by atoms with Crippen molar-refractivity contribution in [3.05, 3.63) is 81.7 Å². The van der Waals surface area contributed by atoms with Crippen molar-refractivity contribution in [2.45, 2.75) is 20.4 Å². The molecular weight excluding hydrogens is 426 g/mol. The van der Waals surface area contributed by atoms with E-state index in [1.54, 1.807) is 25.1 Å². The number of anilines is 1. The third-order valence-corrected chi connectivity index (χ3v) is 5.90. The van der Waals surface area contributed by atoms with Crippen molar-refractivity contribution >= 4 is 39.1 Å². The summed E-state index contributed by atoms with van der Waals surface area (Å²) in [5.41, 5.74) is 2.30. The minimum Gasteiger partial charge on any atom is -0.462 e. The highest BCUT2D eigenvalue weighted by molar-refractivity contribution is 7.19. The van der Waals surface area contributed by atoms with Crippen molar-refractivity contribution in [3.63, 3.8) is 0 Å². The van der Waals surface area contributed by atoms with Crippen molar-refractivity contribution in [2.24, 2.45) is 0 Å². The summed E-state index contributed by atoms with van der Waals surface area (Å²) in [7, 11) is 0. The SMILES string of the molecule is CCOC(=O)c1cccc(NC(=O)Cn2cnc3sc(C)c(-c4ccccc4)c3c2=O)c1. The Morgan fingerprint density at radius 2 is 1.91 bits per heavy atom. The first-order valence-corrected chi connectivity index (χ1v) is 10.9. The first kappa shape index (κ1) is 21.5.